The van der Waals surface area contributed by atoms with E-state index in [2.05, 4.69) is 27.4 Å². The van der Waals surface area contributed by atoms with Gasteiger partial charge >= 0.3 is 0 Å². The lowest BCUT2D eigenvalue weighted by Crippen LogP contribution is -2.12. The molecule has 0 unspecified atom stereocenters. The zero-order valence-corrected chi connectivity index (χ0v) is 19.0. The van der Waals surface area contributed by atoms with E-state index in [4.69, 9.17) is 23.2 Å². The Morgan fingerprint density at radius 2 is 1.66 bits per heavy atom. The van der Waals surface area contributed by atoms with Crippen molar-refractivity contribution >= 4 is 45.8 Å². The molecular formula is C26H23Cl2N3O. The van der Waals surface area contributed by atoms with Crippen LogP contribution in [0.15, 0.2) is 60.7 Å². The first-order valence-electron chi connectivity index (χ1n) is 10.9. The van der Waals surface area contributed by atoms with Crippen molar-refractivity contribution in [1.29, 1.82) is 0 Å². The lowest BCUT2D eigenvalue weighted by molar-refractivity contribution is 0.102. The molecule has 2 N–H and O–H groups in total. The number of anilines is 1. The van der Waals surface area contributed by atoms with Gasteiger partial charge in [-0.15, -0.1) is 0 Å². The average Bonchev–Trinajstić information content (AvgIpc) is 3.23. The van der Waals surface area contributed by atoms with Crippen LogP contribution in [0.3, 0.4) is 0 Å². The highest BCUT2D eigenvalue weighted by Gasteiger charge is 2.16. The Bertz CT molecular complexity index is 1250. The van der Waals surface area contributed by atoms with Crippen LogP contribution < -0.4 is 5.32 Å². The summed E-state index contributed by atoms with van der Waals surface area (Å²) < 4.78 is 0. The standard InChI is InChI=1S/C26H23Cl2N3O/c27-20-7-4-8-21(28)24(20)25-30-22-14-11-18(15-23(22)31-25)26(32)29-19-12-9-17(10-13-19)16-5-2-1-3-6-16/h4,7-16H,1-3,5-6H2,(H,29,32)(H,30,31). The highest BCUT2D eigenvalue weighted by atomic mass is 35.5. The average molecular weight is 464 g/mol. The Kier molecular flexibility index (Phi) is 5.90. The third-order valence-electron chi connectivity index (χ3n) is 6.19. The van der Waals surface area contributed by atoms with Crippen molar-refractivity contribution in [2.75, 3.05) is 5.32 Å². The topological polar surface area (TPSA) is 57.8 Å². The summed E-state index contributed by atoms with van der Waals surface area (Å²) in [5.41, 5.74) is 4.85. The molecule has 1 aliphatic rings. The molecule has 0 saturated heterocycles. The van der Waals surface area contributed by atoms with Crippen molar-refractivity contribution < 1.29 is 4.79 Å². The second kappa shape index (κ2) is 8.97. The third-order valence-corrected chi connectivity index (χ3v) is 6.82. The fourth-order valence-electron chi connectivity index (χ4n) is 4.47. The van der Waals surface area contributed by atoms with E-state index in [9.17, 15) is 4.79 Å². The van der Waals surface area contributed by atoms with Crippen LogP contribution in [-0.2, 0) is 0 Å². The number of nitrogens with zero attached hydrogens (tertiary/aromatic N) is 1. The molecule has 1 fully saturated rings. The van der Waals surface area contributed by atoms with Crippen molar-refractivity contribution in [3.05, 3.63) is 81.8 Å². The Balaban J connectivity index is 1.35. The van der Waals surface area contributed by atoms with Crippen LogP contribution in [0.2, 0.25) is 10.0 Å². The number of nitrogens with one attached hydrogen (secondary N) is 2. The molecule has 0 aliphatic heterocycles. The molecule has 0 atom stereocenters. The van der Waals surface area contributed by atoms with Gasteiger partial charge in [-0.25, -0.2) is 4.98 Å². The van der Waals surface area contributed by atoms with E-state index in [0.717, 1.165) is 16.7 Å². The highest BCUT2D eigenvalue weighted by Crippen LogP contribution is 2.34. The van der Waals surface area contributed by atoms with E-state index >= 15 is 0 Å². The van der Waals surface area contributed by atoms with Gasteiger partial charge in [0.2, 0.25) is 0 Å². The number of carbonyl (C=O) groups is 1. The van der Waals surface area contributed by atoms with Gasteiger partial charge in [0.05, 0.1) is 26.6 Å². The summed E-state index contributed by atoms with van der Waals surface area (Å²) in [6.07, 6.45) is 6.49. The molecule has 0 radical (unpaired) electrons. The number of aromatic amines is 1. The summed E-state index contributed by atoms with van der Waals surface area (Å²) in [5, 5.41) is 4.03. The van der Waals surface area contributed by atoms with Crippen molar-refractivity contribution in [2.24, 2.45) is 0 Å². The van der Waals surface area contributed by atoms with E-state index in [-0.39, 0.29) is 5.91 Å². The van der Waals surface area contributed by atoms with Gasteiger partial charge in [-0.1, -0.05) is 60.7 Å². The number of carbonyl (C=O) groups excluding carboxylic acids is 1. The lowest BCUT2D eigenvalue weighted by atomic mass is 9.84. The fourth-order valence-corrected chi connectivity index (χ4v) is 5.05. The molecule has 1 saturated carbocycles. The predicted octanol–water partition coefficient (Wildman–Crippen LogP) is 7.84. The minimum atomic E-state index is -0.163. The van der Waals surface area contributed by atoms with Gasteiger partial charge in [-0.2, -0.15) is 0 Å². The number of rotatable bonds is 4. The van der Waals surface area contributed by atoms with Gasteiger partial charge in [0.1, 0.15) is 5.82 Å². The zero-order valence-electron chi connectivity index (χ0n) is 17.5. The maximum Gasteiger partial charge on any atom is 0.255 e. The first-order valence-corrected chi connectivity index (χ1v) is 11.7. The Labute approximate surface area is 197 Å². The van der Waals surface area contributed by atoms with Crippen LogP contribution in [-0.4, -0.2) is 15.9 Å². The number of H-pyrrole nitrogens is 1. The van der Waals surface area contributed by atoms with Gasteiger partial charge in [0, 0.05) is 11.3 Å². The van der Waals surface area contributed by atoms with Gasteiger partial charge < -0.3 is 10.3 Å². The SMILES string of the molecule is O=C(Nc1ccc(C2CCCCC2)cc1)c1ccc2nc(-c3c(Cl)cccc3Cl)[nH]c2c1. The fraction of sp³-hybridized carbons (Fsp3) is 0.231. The predicted molar refractivity (Wildman–Crippen MR) is 132 cm³/mol. The summed E-state index contributed by atoms with van der Waals surface area (Å²) in [6.45, 7) is 0. The maximum atomic E-state index is 12.8. The van der Waals surface area contributed by atoms with Crippen molar-refractivity contribution in [3.8, 4) is 11.4 Å². The van der Waals surface area contributed by atoms with Crippen LogP contribution in [0.25, 0.3) is 22.4 Å². The molecule has 3 aromatic carbocycles. The third kappa shape index (κ3) is 4.25. The molecule has 1 aromatic heterocycles. The number of hydrogen-bond donors (Lipinski definition) is 2. The van der Waals surface area contributed by atoms with E-state index in [1.54, 1.807) is 30.3 Å². The lowest BCUT2D eigenvalue weighted by Gasteiger charge is -2.22. The molecule has 1 heterocycles. The quantitative estimate of drug-likeness (QED) is 0.323. The van der Waals surface area contributed by atoms with Crippen LogP contribution in [0, 0.1) is 0 Å². The summed E-state index contributed by atoms with van der Waals surface area (Å²) >= 11 is 12.6. The summed E-state index contributed by atoms with van der Waals surface area (Å²) in [4.78, 5) is 20.7. The molecule has 4 aromatic rings. The molecular weight excluding hydrogens is 441 g/mol. The maximum absolute atomic E-state index is 12.8. The molecule has 0 bridgehead atoms. The van der Waals surface area contributed by atoms with E-state index in [1.807, 2.05) is 18.2 Å². The van der Waals surface area contributed by atoms with Crippen LogP contribution in [0.1, 0.15) is 53.9 Å². The number of fused-ring (bicyclic) bond motifs is 1. The summed E-state index contributed by atoms with van der Waals surface area (Å²) in [5.74, 6) is 1.06. The van der Waals surface area contributed by atoms with Gasteiger partial charge in [0.15, 0.2) is 0 Å². The number of halogens is 2. The number of hydrogen-bond acceptors (Lipinski definition) is 2. The molecule has 5 rings (SSSR count). The van der Waals surface area contributed by atoms with Crippen molar-refractivity contribution in [2.45, 2.75) is 38.0 Å². The second-order valence-corrected chi connectivity index (χ2v) is 9.14. The van der Waals surface area contributed by atoms with Crippen molar-refractivity contribution in [1.82, 2.24) is 9.97 Å². The monoisotopic (exact) mass is 463 g/mol. The summed E-state index contributed by atoms with van der Waals surface area (Å²) in [6, 6.07) is 19.0. The minimum absolute atomic E-state index is 0.163. The molecule has 4 nitrogen and oxygen atoms in total. The van der Waals surface area contributed by atoms with E-state index in [0.29, 0.717) is 32.9 Å². The smallest absolute Gasteiger partial charge is 0.255 e. The van der Waals surface area contributed by atoms with Crippen LogP contribution in [0.5, 0.6) is 0 Å². The second-order valence-electron chi connectivity index (χ2n) is 8.33. The number of imidazole rings is 1. The molecule has 162 valence electrons. The van der Waals surface area contributed by atoms with Gasteiger partial charge in [-0.05, 0) is 66.8 Å². The van der Waals surface area contributed by atoms with E-state index in [1.165, 1.54) is 37.7 Å². The highest BCUT2D eigenvalue weighted by molar-refractivity contribution is 6.39. The van der Waals surface area contributed by atoms with Crippen LogP contribution >= 0.6 is 23.2 Å². The number of amides is 1. The minimum Gasteiger partial charge on any atom is -0.338 e. The molecule has 32 heavy (non-hydrogen) atoms. The first kappa shape index (κ1) is 21.0. The molecule has 1 aliphatic carbocycles. The number of aromatic nitrogens is 2. The first-order chi connectivity index (χ1) is 15.6. The number of benzene rings is 3. The summed E-state index contributed by atoms with van der Waals surface area (Å²) in [7, 11) is 0. The Morgan fingerprint density at radius 1 is 0.938 bits per heavy atom. The van der Waals surface area contributed by atoms with Crippen LogP contribution in [0.4, 0.5) is 5.69 Å². The van der Waals surface area contributed by atoms with Crippen molar-refractivity contribution in [3.63, 3.8) is 0 Å². The largest absolute Gasteiger partial charge is 0.338 e. The molecule has 1 amide bonds. The normalized spacial score (nSPS) is 14.6. The zero-order chi connectivity index (χ0) is 22.1. The van der Waals surface area contributed by atoms with Gasteiger partial charge in [-0.3, -0.25) is 4.79 Å². The Morgan fingerprint density at radius 3 is 2.38 bits per heavy atom. The molecule has 0 spiro atoms. The van der Waals surface area contributed by atoms with E-state index < -0.39 is 0 Å². The molecule has 6 heteroatoms. The Hall–Kier alpha value is -2.82. The van der Waals surface area contributed by atoms with Gasteiger partial charge in [0.25, 0.3) is 5.91 Å².